The fourth-order valence-electron chi connectivity index (χ4n) is 3.28. The van der Waals surface area contributed by atoms with E-state index in [2.05, 4.69) is 6.92 Å². The number of rotatable bonds is 7. The molecule has 0 spiro atoms. The molecule has 0 unspecified atom stereocenters. The highest BCUT2D eigenvalue weighted by atomic mass is 32.2. The Labute approximate surface area is 160 Å². The van der Waals surface area contributed by atoms with Gasteiger partial charge in [0.2, 0.25) is 15.9 Å². The maximum absolute atomic E-state index is 12.9. The van der Waals surface area contributed by atoms with Gasteiger partial charge < -0.3 is 4.90 Å². The van der Waals surface area contributed by atoms with Gasteiger partial charge >= 0.3 is 0 Å². The average Bonchev–Trinajstić information content (AvgIpc) is 2.65. The second-order valence-electron chi connectivity index (χ2n) is 7.00. The maximum atomic E-state index is 12.9. The van der Waals surface area contributed by atoms with E-state index >= 15 is 0 Å². The maximum Gasteiger partial charge on any atom is 0.270 e. The number of sulfonamides is 1. The van der Waals surface area contributed by atoms with Gasteiger partial charge in [-0.05, 0) is 31.7 Å². The van der Waals surface area contributed by atoms with Crippen LogP contribution in [0.1, 0.15) is 38.2 Å². The molecule has 1 saturated heterocycles. The molecule has 1 heterocycles. The summed E-state index contributed by atoms with van der Waals surface area (Å²) in [5.41, 5.74) is 0.222. The SMILES string of the molecule is CCCCN(C)C(=O)C1CCN(S(=O)(=O)c2cc([N+](=O)[O-])ccc2C)CC1. The molecular formula is C18H27N3O5S. The van der Waals surface area contributed by atoms with Crippen LogP contribution in [-0.2, 0) is 14.8 Å². The minimum Gasteiger partial charge on any atom is -0.346 e. The number of unbranched alkanes of at least 4 members (excludes halogenated alkanes) is 1. The topological polar surface area (TPSA) is 101 Å². The van der Waals surface area contributed by atoms with Crippen LogP contribution in [0.4, 0.5) is 5.69 Å². The lowest BCUT2D eigenvalue weighted by Gasteiger charge is -2.32. The Bertz CT molecular complexity index is 801. The molecule has 1 aliphatic heterocycles. The van der Waals surface area contributed by atoms with Gasteiger partial charge in [-0.25, -0.2) is 8.42 Å². The molecule has 27 heavy (non-hydrogen) atoms. The molecule has 0 N–H and O–H groups in total. The van der Waals surface area contributed by atoms with E-state index in [9.17, 15) is 23.3 Å². The van der Waals surface area contributed by atoms with Crippen LogP contribution >= 0.6 is 0 Å². The molecule has 1 fully saturated rings. The van der Waals surface area contributed by atoms with E-state index in [1.165, 1.54) is 16.4 Å². The molecule has 150 valence electrons. The van der Waals surface area contributed by atoms with Crippen LogP contribution in [0.2, 0.25) is 0 Å². The third-order valence-electron chi connectivity index (χ3n) is 5.03. The first kappa shape index (κ1) is 21.3. The predicted octanol–water partition coefficient (Wildman–Crippen LogP) is 2.56. The zero-order valence-electron chi connectivity index (χ0n) is 16.1. The number of carbonyl (C=O) groups is 1. The molecule has 9 heteroatoms. The minimum absolute atomic E-state index is 0.0402. The molecule has 0 radical (unpaired) electrons. The van der Waals surface area contributed by atoms with Gasteiger partial charge in [0.1, 0.15) is 0 Å². The molecule has 1 aliphatic rings. The van der Waals surface area contributed by atoms with E-state index in [1.807, 2.05) is 0 Å². The van der Waals surface area contributed by atoms with Crippen molar-refractivity contribution in [3.8, 4) is 0 Å². The Morgan fingerprint density at radius 3 is 2.52 bits per heavy atom. The van der Waals surface area contributed by atoms with Crippen molar-refractivity contribution in [2.45, 2.75) is 44.4 Å². The molecule has 0 saturated carbocycles. The van der Waals surface area contributed by atoms with Crippen molar-refractivity contribution in [1.82, 2.24) is 9.21 Å². The van der Waals surface area contributed by atoms with E-state index in [4.69, 9.17) is 0 Å². The molecular weight excluding hydrogens is 370 g/mol. The zero-order valence-corrected chi connectivity index (χ0v) is 16.9. The number of nitro groups is 1. The number of amides is 1. The van der Waals surface area contributed by atoms with E-state index in [0.29, 0.717) is 24.9 Å². The average molecular weight is 397 g/mol. The van der Waals surface area contributed by atoms with Gasteiger partial charge in [0.15, 0.2) is 0 Å². The predicted molar refractivity (Wildman–Crippen MR) is 102 cm³/mol. The third-order valence-corrected chi connectivity index (χ3v) is 7.07. The second-order valence-corrected chi connectivity index (χ2v) is 8.90. The van der Waals surface area contributed by atoms with E-state index in [1.54, 1.807) is 18.9 Å². The largest absolute Gasteiger partial charge is 0.346 e. The van der Waals surface area contributed by atoms with E-state index in [0.717, 1.165) is 18.9 Å². The number of hydrogen-bond donors (Lipinski definition) is 0. The molecule has 1 aromatic rings. The molecule has 1 amide bonds. The van der Waals surface area contributed by atoms with Gasteiger partial charge in [-0.2, -0.15) is 4.31 Å². The highest BCUT2D eigenvalue weighted by Crippen LogP contribution is 2.28. The Morgan fingerprint density at radius 1 is 1.33 bits per heavy atom. The number of nitro benzene ring substituents is 1. The minimum atomic E-state index is -3.83. The summed E-state index contributed by atoms with van der Waals surface area (Å²) < 4.78 is 27.2. The van der Waals surface area contributed by atoms with Crippen molar-refractivity contribution >= 4 is 21.6 Å². The highest BCUT2D eigenvalue weighted by molar-refractivity contribution is 7.89. The van der Waals surface area contributed by atoms with E-state index in [-0.39, 0.29) is 35.5 Å². The first-order chi connectivity index (χ1) is 12.7. The van der Waals surface area contributed by atoms with Crippen LogP contribution in [-0.4, -0.2) is 55.1 Å². The van der Waals surface area contributed by atoms with Crippen molar-refractivity contribution in [3.63, 3.8) is 0 Å². The van der Waals surface area contributed by atoms with E-state index < -0.39 is 14.9 Å². The lowest BCUT2D eigenvalue weighted by atomic mass is 9.96. The second kappa shape index (κ2) is 8.79. The van der Waals surface area contributed by atoms with Crippen molar-refractivity contribution in [2.24, 2.45) is 5.92 Å². The van der Waals surface area contributed by atoms with Crippen molar-refractivity contribution < 1.29 is 18.1 Å². The van der Waals surface area contributed by atoms with Crippen LogP contribution in [0, 0.1) is 23.0 Å². The first-order valence-electron chi connectivity index (χ1n) is 9.18. The Balaban J connectivity index is 2.10. The number of non-ortho nitro benzene ring substituents is 1. The summed E-state index contributed by atoms with van der Waals surface area (Å²) in [5.74, 6) is -0.114. The molecule has 1 aromatic carbocycles. The summed E-state index contributed by atoms with van der Waals surface area (Å²) in [6.45, 7) is 4.87. The van der Waals surface area contributed by atoms with Crippen LogP contribution in [0.25, 0.3) is 0 Å². The Kier molecular flexibility index (Phi) is 6.94. The van der Waals surface area contributed by atoms with Crippen LogP contribution in [0.3, 0.4) is 0 Å². The lowest BCUT2D eigenvalue weighted by Crippen LogP contribution is -2.43. The summed E-state index contributed by atoms with van der Waals surface area (Å²) in [5, 5.41) is 11.0. The number of aryl methyl sites for hydroxylation is 1. The summed E-state index contributed by atoms with van der Waals surface area (Å²) in [7, 11) is -2.04. The number of benzene rings is 1. The van der Waals surface area contributed by atoms with Gasteiger partial charge in [0.25, 0.3) is 5.69 Å². The summed E-state index contributed by atoms with van der Waals surface area (Å²) in [6, 6.07) is 3.86. The third kappa shape index (κ3) is 4.84. The van der Waals surface area contributed by atoms with Gasteiger partial charge in [0, 0.05) is 44.7 Å². The number of carbonyl (C=O) groups excluding carboxylic acids is 1. The first-order valence-corrected chi connectivity index (χ1v) is 10.6. The van der Waals surface area contributed by atoms with Crippen molar-refractivity contribution in [2.75, 3.05) is 26.7 Å². The molecule has 0 aromatic heterocycles. The summed E-state index contributed by atoms with van der Waals surface area (Å²) in [6.07, 6.45) is 2.88. The van der Waals surface area contributed by atoms with Crippen LogP contribution in [0.5, 0.6) is 0 Å². The van der Waals surface area contributed by atoms with Crippen LogP contribution < -0.4 is 0 Å². The van der Waals surface area contributed by atoms with Crippen molar-refractivity contribution in [3.05, 3.63) is 33.9 Å². The van der Waals surface area contributed by atoms with Gasteiger partial charge in [-0.1, -0.05) is 19.4 Å². The Hall–Kier alpha value is -2.00. The summed E-state index contributed by atoms with van der Waals surface area (Å²) >= 11 is 0. The number of hydrogen-bond acceptors (Lipinski definition) is 5. The standard InChI is InChI=1S/C18H27N3O5S/c1-4-5-10-19(3)18(22)15-8-11-20(12-9-15)27(25,26)17-13-16(21(23)24)7-6-14(17)2/h6-7,13,15H,4-5,8-12H2,1-3H3. The monoisotopic (exact) mass is 397 g/mol. The fourth-order valence-corrected chi connectivity index (χ4v) is 4.99. The van der Waals surface area contributed by atoms with Crippen molar-refractivity contribution in [1.29, 1.82) is 0 Å². The van der Waals surface area contributed by atoms with Gasteiger partial charge in [-0.15, -0.1) is 0 Å². The lowest BCUT2D eigenvalue weighted by molar-refractivity contribution is -0.385. The fraction of sp³-hybridized carbons (Fsp3) is 0.611. The molecule has 0 aliphatic carbocycles. The molecule has 0 bridgehead atoms. The molecule has 0 atom stereocenters. The quantitative estimate of drug-likeness (QED) is 0.520. The van der Waals surface area contributed by atoms with Gasteiger partial charge in [0.05, 0.1) is 9.82 Å². The smallest absolute Gasteiger partial charge is 0.270 e. The summed E-state index contributed by atoms with van der Waals surface area (Å²) in [4.78, 5) is 24.5. The molecule has 2 rings (SSSR count). The van der Waals surface area contributed by atoms with Gasteiger partial charge in [-0.3, -0.25) is 14.9 Å². The highest BCUT2D eigenvalue weighted by Gasteiger charge is 2.34. The van der Waals surface area contributed by atoms with Crippen LogP contribution in [0.15, 0.2) is 23.1 Å². The Morgan fingerprint density at radius 2 is 1.96 bits per heavy atom. The number of piperidine rings is 1. The molecule has 8 nitrogen and oxygen atoms in total. The zero-order chi connectivity index (χ0) is 20.2. The number of nitrogens with zero attached hydrogens (tertiary/aromatic N) is 3. The normalized spacial score (nSPS) is 16.3.